The minimum absolute atomic E-state index is 0.350. The number of piperidine rings is 1. The van der Waals surface area contributed by atoms with Gasteiger partial charge in [0.05, 0.1) is 0 Å². The number of likely N-dealkylation sites (tertiary alicyclic amines) is 1. The van der Waals surface area contributed by atoms with Crippen molar-refractivity contribution in [3.8, 4) is 0 Å². The quantitative estimate of drug-likeness (QED) is 0.620. The predicted octanol–water partition coefficient (Wildman–Crippen LogP) is 1.61. The first kappa shape index (κ1) is 13.9. The van der Waals surface area contributed by atoms with Crippen molar-refractivity contribution in [3.63, 3.8) is 0 Å². The van der Waals surface area contributed by atoms with Crippen molar-refractivity contribution in [1.82, 2.24) is 10.2 Å². The molecule has 3 nitrogen and oxygen atoms in total. The molecule has 0 aromatic heterocycles. The molecular formula is C13H28N2O. The van der Waals surface area contributed by atoms with E-state index in [2.05, 4.69) is 17.1 Å². The second-order valence-corrected chi connectivity index (χ2v) is 4.80. The summed E-state index contributed by atoms with van der Waals surface area (Å²) in [5.74, 6) is 0. The van der Waals surface area contributed by atoms with Crippen molar-refractivity contribution < 1.29 is 5.11 Å². The summed E-state index contributed by atoms with van der Waals surface area (Å²) in [7, 11) is 0. The van der Waals surface area contributed by atoms with E-state index >= 15 is 0 Å². The summed E-state index contributed by atoms with van der Waals surface area (Å²) in [6.45, 7) is 7.48. The topological polar surface area (TPSA) is 35.5 Å². The van der Waals surface area contributed by atoms with Gasteiger partial charge in [0.25, 0.3) is 0 Å². The SMILES string of the molecule is CCN1CCC(NCCCCCCO)CC1. The highest BCUT2D eigenvalue weighted by atomic mass is 16.2. The molecule has 0 radical (unpaired) electrons. The molecular weight excluding hydrogens is 200 g/mol. The fourth-order valence-corrected chi connectivity index (χ4v) is 2.35. The van der Waals surface area contributed by atoms with Gasteiger partial charge >= 0.3 is 0 Å². The minimum Gasteiger partial charge on any atom is -0.396 e. The first-order chi connectivity index (χ1) is 7.86. The van der Waals surface area contributed by atoms with Gasteiger partial charge in [-0.3, -0.25) is 0 Å². The van der Waals surface area contributed by atoms with E-state index in [0.717, 1.165) is 19.0 Å². The highest BCUT2D eigenvalue weighted by Gasteiger charge is 2.16. The first-order valence-corrected chi connectivity index (χ1v) is 6.93. The molecule has 0 spiro atoms. The van der Waals surface area contributed by atoms with Crippen LogP contribution in [0.15, 0.2) is 0 Å². The van der Waals surface area contributed by atoms with Gasteiger partial charge in [0.15, 0.2) is 0 Å². The van der Waals surface area contributed by atoms with Gasteiger partial charge < -0.3 is 15.3 Å². The average molecular weight is 228 g/mol. The van der Waals surface area contributed by atoms with Crippen molar-refractivity contribution in [1.29, 1.82) is 0 Å². The lowest BCUT2D eigenvalue weighted by atomic mass is 10.0. The normalized spacial score (nSPS) is 19.1. The Labute approximate surface area is 100 Å². The van der Waals surface area contributed by atoms with E-state index in [4.69, 9.17) is 5.11 Å². The zero-order valence-corrected chi connectivity index (χ0v) is 10.7. The second-order valence-electron chi connectivity index (χ2n) is 4.80. The highest BCUT2D eigenvalue weighted by Crippen LogP contribution is 2.09. The Morgan fingerprint density at radius 2 is 1.81 bits per heavy atom. The molecule has 1 aliphatic heterocycles. The Balaban J connectivity index is 1.90. The van der Waals surface area contributed by atoms with Crippen LogP contribution in [-0.4, -0.2) is 48.8 Å². The smallest absolute Gasteiger partial charge is 0.0431 e. The van der Waals surface area contributed by atoms with E-state index in [-0.39, 0.29) is 0 Å². The standard InChI is InChI=1S/C13H28N2O/c1-2-15-10-7-13(8-11-15)14-9-5-3-4-6-12-16/h13-14,16H,2-12H2,1H3. The Morgan fingerprint density at radius 3 is 2.44 bits per heavy atom. The number of rotatable bonds is 8. The molecule has 0 aliphatic carbocycles. The summed E-state index contributed by atoms with van der Waals surface area (Å²) >= 11 is 0. The molecule has 1 saturated heterocycles. The predicted molar refractivity (Wildman–Crippen MR) is 68.7 cm³/mol. The molecule has 16 heavy (non-hydrogen) atoms. The maximum Gasteiger partial charge on any atom is 0.0431 e. The van der Waals surface area contributed by atoms with Gasteiger partial charge in [-0.1, -0.05) is 19.8 Å². The van der Waals surface area contributed by atoms with Crippen LogP contribution in [-0.2, 0) is 0 Å². The zero-order valence-electron chi connectivity index (χ0n) is 10.7. The summed E-state index contributed by atoms with van der Waals surface area (Å²) in [6, 6.07) is 0.751. The number of nitrogens with one attached hydrogen (secondary N) is 1. The number of unbranched alkanes of at least 4 members (excludes halogenated alkanes) is 3. The molecule has 0 bridgehead atoms. The van der Waals surface area contributed by atoms with Crippen molar-refractivity contribution >= 4 is 0 Å². The van der Waals surface area contributed by atoms with E-state index in [1.54, 1.807) is 0 Å². The highest BCUT2D eigenvalue weighted by molar-refractivity contribution is 4.76. The number of nitrogens with zero attached hydrogens (tertiary/aromatic N) is 1. The lowest BCUT2D eigenvalue weighted by molar-refractivity contribution is 0.206. The van der Waals surface area contributed by atoms with Crippen molar-refractivity contribution in [3.05, 3.63) is 0 Å². The summed E-state index contributed by atoms with van der Waals surface area (Å²) < 4.78 is 0. The Bertz CT molecular complexity index is 156. The molecule has 1 rings (SSSR count). The van der Waals surface area contributed by atoms with Gasteiger partial charge in [-0.05, 0) is 51.9 Å². The van der Waals surface area contributed by atoms with Gasteiger partial charge in [0, 0.05) is 12.6 Å². The molecule has 0 aromatic carbocycles. The van der Waals surface area contributed by atoms with Gasteiger partial charge in [-0.15, -0.1) is 0 Å². The van der Waals surface area contributed by atoms with Gasteiger partial charge in [-0.25, -0.2) is 0 Å². The van der Waals surface area contributed by atoms with Gasteiger partial charge in [-0.2, -0.15) is 0 Å². The fraction of sp³-hybridized carbons (Fsp3) is 1.00. The molecule has 0 unspecified atom stereocenters. The van der Waals surface area contributed by atoms with E-state index < -0.39 is 0 Å². The lowest BCUT2D eigenvalue weighted by Gasteiger charge is -2.31. The Morgan fingerprint density at radius 1 is 1.12 bits per heavy atom. The van der Waals surface area contributed by atoms with Crippen molar-refractivity contribution in [2.75, 3.05) is 32.8 Å². The summed E-state index contributed by atoms with van der Waals surface area (Å²) in [5, 5.41) is 12.3. The third-order valence-electron chi connectivity index (χ3n) is 3.55. The summed E-state index contributed by atoms with van der Waals surface area (Å²) in [5.41, 5.74) is 0. The van der Waals surface area contributed by atoms with Crippen LogP contribution in [0.4, 0.5) is 0 Å². The first-order valence-electron chi connectivity index (χ1n) is 6.93. The molecule has 0 aromatic rings. The van der Waals surface area contributed by atoms with Crippen LogP contribution in [0, 0.1) is 0 Å². The number of aliphatic hydroxyl groups is 1. The largest absolute Gasteiger partial charge is 0.396 e. The molecule has 0 amide bonds. The van der Waals surface area contributed by atoms with Crippen LogP contribution < -0.4 is 5.32 Å². The number of hydrogen-bond donors (Lipinski definition) is 2. The minimum atomic E-state index is 0.350. The lowest BCUT2D eigenvalue weighted by Crippen LogP contribution is -2.42. The molecule has 0 atom stereocenters. The van der Waals surface area contributed by atoms with E-state index in [1.807, 2.05) is 0 Å². The van der Waals surface area contributed by atoms with Crippen molar-refractivity contribution in [2.45, 2.75) is 51.5 Å². The maximum absolute atomic E-state index is 8.65. The summed E-state index contributed by atoms with van der Waals surface area (Å²) in [4.78, 5) is 2.53. The molecule has 2 N–H and O–H groups in total. The molecule has 0 saturated carbocycles. The molecule has 96 valence electrons. The van der Waals surface area contributed by atoms with Crippen LogP contribution >= 0.6 is 0 Å². The Hall–Kier alpha value is -0.120. The second kappa shape index (κ2) is 8.97. The molecule has 1 aliphatic rings. The molecule has 1 heterocycles. The van der Waals surface area contributed by atoms with E-state index in [1.165, 1.54) is 51.7 Å². The molecule has 1 fully saturated rings. The van der Waals surface area contributed by atoms with Crippen LogP contribution in [0.25, 0.3) is 0 Å². The number of hydrogen-bond acceptors (Lipinski definition) is 3. The van der Waals surface area contributed by atoms with Crippen LogP contribution in [0.2, 0.25) is 0 Å². The van der Waals surface area contributed by atoms with Crippen molar-refractivity contribution in [2.24, 2.45) is 0 Å². The summed E-state index contributed by atoms with van der Waals surface area (Å²) in [6.07, 6.45) is 7.27. The van der Waals surface area contributed by atoms with Crippen LogP contribution in [0.5, 0.6) is 0 Å². The van der Waals surface area contributed by atoms with Crippen LogP contribution in [0.1, 0.15) is 45.4 Å². The molecule has 3 heteroatoms. The average Bonchev–Trinajstić information content (AvgIpc) is 2.34. The number of aliphatic hydroxyl groups excluding tert-OH is 1. The third-order valence-corrected chi connectivity index (χ3v) is 3.55. The Kier molecular flexibility index (Phi) is 7.81. The van der Waals surface area contributed by atoms with Gasteiger partial charge in [0.2, 0.25) is 0 Å². The zero-order chi connectivity index (χ0) is 11.6. The van der Waals surface area contributed by atoms with Gasteiger partial charge in [0.1, 0.15) is 0 Å². The maximum atomic E-state index is 8.65. The van der Waals surface area contributed by atoms with Crippen LogP contribution in [0.3, 0.4) is 0 Å². The third kappa shape index (κ3) is 5.83. The van der Waals surface area contributed by atoms with E-state index in [0.29, 0.717) is 6.61 Å². The fourth-order valence-electron chi connectivity index (χ4n) is 2.35. The van der Waals surface area contributed by atoms with E-state index in [9.17, 15) is 0 Å². The monoisotopic (exact) mass is 228 g/mol.